The third kappa shape index (κ3) is 6.09. The number of ether oxygens (including phenoxy) is 4. The molecule has 0 fully saturated rings. The lowest BCUT2D eigenvalue weighted by Gasteiger charge is -2.14. The minimum atomic E-state index is -0.302. The Labute approximate surface area is 206 Å². The highest BCUT2D eigenvalue weighted by molar-refractivity contribution is 9.10. The zero-order valence-electron chi connectivity index (χ0n) is 18.9. The van der Waals surface area contributed by atoms with Gasteiger partial charge in [-0.1, -0.05) is 18.2 Å². The predicted molar refractivity (Wildman–Crippen MR) is 134 cm³/mol. The van der Waals surface area contributed by atoms with Gasteiger partial charge in [-0.15, -0.1) is 0 Å². The number of halogens is 1. The van der Waals surface area contributed by atoms with Crippen LogP contribution in [0.2, 0.25) is 0 Å². The number of benzene rings is 3. The van der Waals surface area contributed by atoms with E-state index < -0.39 is 0 Å². The average Bonchev–Trinajstić information content (AvgIpc) is 2.86. The average molecular weight is 523 g/mol. The molecular formula is C26H23BrN2O5. The van der Waals surface area contributed by atoms with Crippen LogP contribution in [0.25, 0.3) is 11.6 Å². The van der Waals surface area contributed by atoms with Gasteiger partial charge >= 0.3 is 0 Å². The van der Waals surface area contributed by atoms with Crippen LogP contribution < -0.4 is 24.3 Å². The lowest BCUT2D eigenvalue weighted by Crippen LogP contribution is -2.20. The number of amides is 1. The normalized spacial score (nSPS) is 10.7. The fourth-order valence-electron chi connectivity index (χ4n) is 3.17. The monoisotopic (exact) mass is 522 g/mol. The van der Waals surface area contributed by atoms with E-state index >= 15 is 0 Å². The van der Waals surface area contributed by atoms with E-state index in [9.17, 15) is 10.1 Å². The molecule has 174 valence electrons. The first-order valence-electron chi connectivity index (χ1n) is 10.2. The summed E-state index contributed by atoms with van der Waals surface area (Å²) in [7, 11) is 4.60. The van der Waals surface area contributed by atoms with Gasteiger partial charge in [0.05, 0.1) is 37.4 Å². The van der Waals surface area contributed by atoms with Crippen LogP contribution in [0.15, 0.2) is 65.1 Å². The minimum absolute atomic E-state index is 0.200. The standard InChI is InChI=1S/C26H23BrN2O5/c1-31-22-10-9-18(14-23(22)32-2)19(15-28)11-17-12-21(27)26(24(13-17)33-3)34-16-25(30)29-20-7-5-4-6-8-20/h4-14H,16H2,1-3H3,(H,29,30)/b19-11+. The first kappa shape index (κ1) is 24.7. The molecule has 0 heterocycles. The topological polar surface area (TPSA) is 89.8 Å². The van der Waals surface area contributed by atoms with Gasteiger partial charge in [-0.25, -0.2) is 0 Å². The van der Waals surface area contributed by atoms with Crippen LogP contribution in [0.3, 0.4) is 0 Å². The number of hydrogen-bond acceptors (Lipinski definition) is 6. The van der Waals surface area contributed by atoms with Crippen molar-refractivity contribution in [3.8, 4) is 29.1 Å². The molecule has 8 heteroatoms. The van der Waals surface area contributed by atoms with Crippen LogP contribution in [0, 0.1) is 11.3 Å². The van der Waals surface area contributed by atoms with Gasteiger partial charge in [-0.2, -0.15) is 5.26 Å². The SMILES string of the molecule is COc1ccc(/C(C#N)=C/c2cc(Br)c(OCC(=O)Nc3ccccc3)c(OC)c2)cc1OC. The molecule has 34 heavy (non-hydrogen) atoms. The number of nitriles is 1. The second kappa shape index (κ2) is 11.8. The minimum Gasteiger partial charge on any atom is -0.493 e. The van der Waals surface area contributed by atoms with Gasteiger partial charge in [-0.3, -0.25) is 4.79 Å². The zero-order valence-corrected chi connectivity index (χ0v) is 20.5. The van der Waals surface area contributed by atoms with E-state index in [4.69, 9.17) is 18.9 Å². The van der Waals surface area contributed by atoms with Crippen LogP contribution in [0.4, 0.5) is 5.69 Å². The molecule has 0 aliphatic carbocycles. The largest absolute Gasteiger partial charge is 0.493 e. The Kier molecular flexibility index (Phi) is 8.54. The maximum Gasteiger partial charge on any atom is 0.262 e. The second-order valence-corrected chi connectivity index (χ2v) is 7.83. The molecule has 0 saturated heterocycles. The number of nitrogens with zero attached hydrogens (tertiary/aromatic N) is 1. The van der Waals surface area contributed by atoms with Crippen molar-refractivity contribution in [3.05, 3.63) is 76.3 Å². The maximum atomic E-state index is 12.2. The summed E-state index contributed by atoms with van der Waals surface area (Å²) >= 11 is 3.48. The molecule has 0 unspecified atom stereocenters. The van der Waals surface area contributed by atoms with E-state index in [1.54, 1.807) is 55.7 Å². The summed E-state index contributed by atoms with van der Waals surface area (Å²) < 4.78 is 22.4. The van der Waals surface area contributed by atoms with E-state index in [1.165, 1.54) is 14.2 Å². The van der Waals surface area contributed by atoms with Gasteiger partial charge in [0.2, 0.25) is 0 Å². The summed E-state index contributed by atoms with van der Waals surface area (Å²) in [6, 6.07) is 20.1. The Hall–Kier alpha value is -3.96. The molecule has 0 saturated carbocycles. The summed E-state index contributed by atoms with van der Waals surface area (Å²) in [5.74, 6) is 1.60. The van der Waals surface area contributed by atoms with Crippen LogP contribution >= 0.6 is 15.9 Å². The van der Waals surface area contributed by atoms with Gasteiger partial charge in [0, 0.05) is 5.69 Å². The van der Waals surface area contributed by atoms with Crippen molar-refractivity contribution in [3.63, 3.8) is 0 Å². The van der Waals surface area contributed by atoms with Crippen molar-refractivity contribution in [1.29, 1.82) is 5.26 Å². The number of methoxy groups -OCH3 is 3. The molecule has 0 atom stereocenters. The fourth-order valence-corrected chi connectivity index (χ4v) is 3.74. The summed E-state index contributed by atoms with van der Waals surface area (Å²) in [5.41, 5.74) is 2.48. The number of nitrogens with one attached hydrogen (secondary N) is 1. The molecule has 0 aliphatic heterocycles. The van der Waals surface area contributed by atoms with E-state index in [-0.39, 0.29) is 12.5 Å². The Bertz CT molecular complexity index is 1240. The number of para-hydroxylation sites is 1. The third-order valence-corrected chi connectivity index (χ3v) is 5.37. The van der Waals surface area contributed by atoms with Gasteiger partial charge in [0.15, 0.2) is 29.6 Å². The van der Waals surface area contributed by atoms with Crippen molar-refractivity contribution in [2.24, 2.45) is 0 Å². The number of carbonyl (C=O) groups is 1. The summed E-state index contributed by atoms with van der Waals surface area (Å²) in [6.07, 6.45) is 1.72. The van der Waals surface area contributed by atoms with Gasteiger partial charge < -0.3 is 24.3 Å². The number of allylic oxidation sites excluding steroid dienone is 1. The summed E-state index contributed by atoms with van der Waals surface area (Å²) in [6.45, 7) is -0.200. The first-order chi connectivity index (χ1) is 16.5. The third-order valence-electron chi connectivity index (χ3n) is 4.78. The molecule has 3 aromatic rings. The van der Waals surface area contributed by atoms with Crippen molar-refractivity contribution in [2.75, 3.05) is 33.3 Å². The second-order valence-electron chi connectivity index (χ2n) is 6.98. The lowest BCUT2D eigenvalue weighted by atomic mass is 10.0. The molecule has 0 bridgehead atoms. The Morgan fingerprint density at radius 1 is 0.971 bits per heavy atom. The highest BCUT2D eigenvalue weighted by atomic mass is 79.9. The van der Waals surface area contributed by atoms with Crippen molar-refractivity contribution in [1.82, 2.24) is 0 Å². The Balaban J connectivity index is 1.82. The van der Waals surface area contributed by atoms with Crippen LogP contribution in [0.5, 0.6) is 23.0 Å². The molecule has 0 aliphatic rings. The van der Waals surface area contributed by atoms with Gasteiger partial charge in [-0.05, 0) is 75.6 Å². The Morgan fingerprint density at radius 3 is 2.32 bits per heavy atom. The molecule has 3 aromatic carbocycles. The van der Waals surface area contributed by atoms with Crippen molar-refractivity contribution < 1.29 is 23.7 Å². The highest BCUT2D eigenvalue weighted by Crippen LogP contribution is 2.38. The quantitative estimate of drug-likeness (QED) is 0.292. The van der Waals surface area contributed by atoms with Gasteiger partial charge in [0.1, 0.15) is 0 Å². The molecule has 1 amide bonds. The molecule has 1 N–H and O–H groups in total. The predicted octanol–water partition coefficient (Wildman–Crippen LogP) is 5.56. The smallest absolute Gasteiger partial charge is 0.262 e. The maximum absolute atomic E-state index is 12.2. The zero-order chi connectivity index (χ0) is 24.5. The lowest BCUT2D eigenvalue weighted by molar-refractivity contribution is -0.118. The number of rotatable bonds is 9. The van der Waals surface area contributed by atoms with E-state index in [0.29, 0.717) is 49.9 Å². The van der Waals surface area contributed by atoms with Crippen molar-refractivity contribution in [2.45, 2.75) is 0 Å². The van der Waals surface area contributed by atoms with Gasteiger partial charge in [0.25, 0.3) is 5.91 Å². The number of anilines is 1. The molecule has 7 nitrogen and oxygen atoms in total. The summed E-state index contributed by atoms with van der Waals surface area (Å²) in [4.78, 5) is 12.2. The molecule has 0 radical (unpaired) electrons. The van der Waals surface area contributed by atoms with E-state index in [2.05, 4.69) is 27.3 Å². The number of hydrogen-bond donors (Lipinski definition) is 1. The van der Waals surface area contributed by atoms with Crippen molar-refractivity contribution >= 4 is 39.2 Å². The molecular weight excluding hydrogens is 500 g/mol. The Morgan fingerprint density at radius 2 is 1.68 bits per heavy atom. The summed E-state index contributed by atoms with van der Waals surface area (Å²) in [5, 5.41) is 12.5. The molecule has 0 aromatic heterocycles. The van der Waals surface area contributed by atoms with Crippen LogP contribution in [-0.2, 0) is 4.79 Å². The van der Waals surface area contributed by atoms with Crippen LogP contribution in [0.1, 0.15) is 11.1 Å². The van der Waals surface area contributed by atoms with Crippen LogP contribution in [-0.4, -0.2) is 33.8 Å². The number of carbonyl (C=O) groups excluding carboxylic acids is 1. The molecule has 0 spiro atoms. The van der Waals surface area contributed by atoms with E-state index in [1.807, 2.05) is 18.2 Å². The molecule has 3 rings (SSSR count). The fraction of sp³-hybridized carbons (Fsp3) is 0.154. The highest BCUT2D eigenvalue weighted by Gasteiger charge is 2.15. The van der Waals surface area contributed by atoms with E-state index in [0.717, 1.165) is 0 Å². The first-order valence-corrected chi connectivity index (χ1v) is 11.0.